The lowest BCUT2D eigenvalue weighted by Gasteiger charge is -2.13. The Balaban J connectivity index is 1.33. The number of benzene rings is 6. The number of hydrogen-bond acceptors (Lipinski definition) is 1. The molecule has 0 bridgehead atoms. The molecule has 0 aliphatic heterocycles. The lowest BCUT2D eigenvalue weighted by atomic mass is 10.0. The monoisotopic (exact) mass is 561 g/mol. The topological polar surface area (TPSA) is 33.6 Å². The number of nitriles is 1. The van der Waals surface area contributed by atoms with Gasteiger partial charge in [0.25, 0.3) is 0 Å². The van der Waals surface area contributed by atoms with Crippen LogP contribution in [0, 0.1) is 11.3 Å². The molecular weight excluding hydrogens is 534 g/mol. The minimum Gasteiger partial charge on any atom is -0.309 e. The van der Waals surface area contributed by atoms with Gasteiger partial charge in [-0.15, -0.1) is 0 Å². The molecule has 206 valence electrons. The van der Waals surface area contributed by atoms with Crippen LogP contribution < -0.4 is 0 Å². The molecule has 44 heavy (non-hydrogen) atoms. The van der Waals surface area contributed by atoms with Gasteiger partial charge in [-0.3, -0.25) is 0 Å². The lowest BCUT2D eigenvalue weighted by Crippen LogP contribution is -1.97. The van der Waals surface area contributed by atoms with Gasteiger partial charge in [-0.1, -0.05) is 103 Å². The molecule has 0 saturated heterocycles. The molecule has 0 amide bonds. The highest BCUT2D eigenvalue weighted by atomic mass is 15.0. The van der Waals surface area contributed by atoms with Gasteiger partial charge in [0.15, 0.2) is 0 Å². The Labute approximate surface area is 256 Å². The first-order chi connectivity index (χ1) is 21.8. The summed E-state index contributed by atoms with van der Waals surface area (Å²) < 4.78 is 4.66. The van der Waals surface area contributed by atoms with E-state index in [0.717, 1.165) is 44.7 Å². The summed E-state index contributed by atoms with van der Waals surface area (Å²) in [5.74, 6) is 0. The second kappa shape index (κ2) is 10.6. The molecular formula is C41H27N3. The third-order valence-electron chi connectivity index (χ3n) is 8.35. The average Bonchev–Trinajstić information content (AvgIpc) is 3.68. The fourth-order valence-electron chi connectivity index (χ4n) is 6.22. The van der Waals surface area contributed by atoms with Crippen LogP contribution in [0.3, 0.4) is 0 Å². The van der Waals surface area contributed by atoms with Crippen LogP contribution in [0.4, 0.5) is 0 Å². The highest BCUT2D eigenvalue weighted by molar-refractivity contribution is 5.95. The molecule has 3 nitrogen and oxygen atoms in total. The lowest BCUT2D eigenvalue weighted by molar-refractivity contribution is 1.13. The van der Waals surface area contributed by atoms with Gasteiger partial charge in [0.1, 0.15) is 0 Å². The van der Waals surface area contributed by atoms with Crippen molar-refractivity contribution in [3.8, 4) is 51.1 Å². The van der Waals surface area contributed by atoms with E-state index in [4.69, 9.17) is 0 Å². The number of rotatable bonds is 5. The molecule has 8 aromatic rings. The summed E-state index contributed by atoms with van der Waals surface area (Å²) in [6, 6.07) is 59.7. The number of aromatic nitrogens is 2. The van der Waals surface area contributed by atoms with Crippen molar-refractivity contribution in [2.24, 2.45) is 0 Å². The van der Waals surface area contributed by atoms with Crippen LogP contribution in [0.2, 0.25) is 0 Å². The van der Waals surface area contributed by atoms with E-state index in [-0.39, 0.29) is 0 Å². The molecule has 8 rings (SSSR count). The predicted molar refractivity (Wildman–Crippen MR) is 181 cm³/mol. The van der Waals surface area contributed by atoms with Crippen molar-refractivity contribution in [2.45, 2.75) is 0 Å². The Morgan fingerprint density at radius 1 is 0.386 bits per heavy atom. The van der Waals surface area contributed by atoms with E-state index in [1.807, 2.05) is 30.3 Å². The van der Waals surface area contributed by atoms with Gasteiger partial charge in [0.05, 0.1) is 34.1 Å². The molecule has 0 saturated carbocycles. The first-order valence-corrected chi connectivity index (χ1v) is 14.7. The summed E-state index contributed by atoms with van der Waals surface area (Å²) in [6.45, 7) is 0. The fourth-order valence-corrected chi connectivity index (χ4v) is 6.22. The molecule has 0 aliphatic rings. The molecule has 0 aliphatic carbocycles. The van der Waals surface area contributed by atoms with Crippen LogP contribution in [0.5, 0.6) is 0 Å². The number of hydrogen-bond donors (Lipinski definition) is 0. The molecule has 0 fully saturated rings. The first-order valence-electron chi connectivity index (χ1n) is 14.7. The van der Waals surface area contributed by atoms with Crippen LogP contribution in [0.15, 0.2) is 164 Å². The van der Waals surface area contributed by atoms with E-state index in [1.54, 1.807) is 0 Å². The maximum atomic E-state index is 9.40. The quantitative estimate of drug-likeness (QED) is 0.206. The van der Waals surface area contributed by atoms with Gasteiger partial charge < -0.3 is 9.13 Å². The van der Waals surface area contributed by atoms with Gasteiger partial charge in [-0.25, -0.2) is 0 Å². The van der Waals surface area contributed by atoms with Gasteiger partial charge in [0, 0.05) is 22.1 Å². The van der Waals surface area contributed by atoms with Crippen molar-refractivity contribution in [1.82, 2.24) is 9.13 Å². The highest BCUT2D eigenvalue weighted by Crippen LogP contribution is 2.37. The van der Waals surface area contributed by atoms with Gasteiger partial charge in [-0.2, -0.15) is 5.26 Å². The molecule has 0 N–H and O–H groups in total. The normalized spacial score (nSPS) is 11.2. The van der Waals surface area contributed by atoms with E-state index < -0.39 is 0 Å². The summed E-state index contributed by atoms with van der Waals surface area (Å²) in [6.07, 6.45) is 0. The van der Waals surface area contributed by atoms with E-state index in [9.17, 15) is 5.26 Å². The number of nitrogens with zero attached hydrogens (tertiary/aromatic N) is 3. The summed E-state index contributed by atoms with van der Waals surface area (Å²) in [5, 5.41) is 11.8. The van der Waals surface area contributed by atoms with E-state index in [0.29, 0.717) is 5.56 Å². The minimum absolute atomic E-state index is 0.650. The standard InChI is InChI=1S/C41H27N3/c42-28-29-16-22-37(23-17-29)44-39(31-12-6-2-7-13-31)27-35-21-19-33(25-41(35)44)32-18-20-34-26-38(30-10-4-1-5-11-30)43(40(34)24-32)36-14-8-3-9-15-36/h1-27H. The second-order valence-electron chi connectivity index (χ2n) is 11.0. The van der Waals surface area contributed by atoms with Gasteiger partial charge >= 0.3 is 0 Å². The Morgan fingerprint density at radius 2 is 0.818 bits per heavy atom. The molecule has 2 aromatic heterocycles. The molecule has 2 heterocycles. The van der Waals surface area contributed by atoms with Crippen LogP contribution in [0.25, 0.3) is 66.8 Å². The van der Waals surface area contributed by atoms with E-state index in [2.05, 4.69) is 149 Å². The smallest absolute Gasteiger partial charge is 0.0991 e. The fraction of sp³-hybridized carbons (Fsp3) is 0. The summed E-state index contributed by atoms with van der Waals surface area (Å²) >= 11 is 0. The highest BCUT2D eigenvalue weighted by Gasteiger charge is 2.16. The summed E-state index contributed by atoms with van der Waals surface area (Å²) in [7, 11) is 0. The third kappa shape index (κ3) is 4.38. The van der Waals surface area contributed by atoms with Crippen LogP contribution in [-0.2, 0) is 0 Å². The zero-order valence-corrected chi connectivity index (χ0v) is 23.9. The first kappa shape index (κ1) is 25.6. The van der Waals surface area contributed by atoms with Crippen molar-refractivity contribution in [3.63, 3.8) is 0 Å². The SMILES string of the molecule is N#Cc1ccc(-n2c(-c3ccccc3)cc3ccc(-c4ccc5cc(-c6ccccc6)n(-c6ccccc6)c5c4)cc32)cc1. The molecule has 6 aromatic carbocycles. The van der Waals surface area contributed by atoms with E-state index in [1.165, 1.54) is 22.2 Å². The second-order valence-corrected chi connectivity index (χ2v) is 11.0. The predicted octanol–water partition coefficient (Wildman–Crippen LogP) is 10.4. The van der Waals surface area contributed by atoms with Crippen molar-refractivity contribution >= 4 is 21.8 Å². The largest absolute Gasteiger partial charge is 0.309 e. The molecule has 0 spiro atoms. The minimum atomic E-state index is 0.650. The van der Waals surface area contributed by atoms with Crippen LogP contribution >= 0.6 is 0 Å². The molecule has 0 atom stereocenters. The Hall–Kier alpha value is -6.11. The van der Waals surface area contributed by atoms with Crippen molar-refractivity contribution in [2.75, 3.05) is 0 Å². The summed E-state index contributed by atoms with van der Waals surface area (Å²) in [4.78, 5) is 0. The Bertz CT molecular complexity index is 2300. The number of fused-ring (bicyclic) bond motifs is 2. The Kier molecular flexibility index (Phi) is 6.18. The average molecular weight is 562 g/mol. The van der Waals surface area contributed by atoms with Crippen molar-refractivity contribution in [1.29, 1.82) is 5.26 Å². The third-order valence-corrected chi connectivity index (χ3v) is 8.35. The Morgan fingerprint density at radius 3 is 1.27 bits per heavy atom. The zero-order chi connectivity index (χ0) is 29.5. The number of para-hydroxylation sites is 1. The van der Waals surface area contributed by atoms with Crippen molar-refractivity contribution in [3.05, 3.63) is 169 Å². The van der Waals surface area contributed by atoms with Gasteiger partial charge in [0.2, 0.25) is 0 Å². The molecule has 0 unspecified atom stereocenters. The summed E-state index contributed by atoms with van der Waals surface area (Å²) in [5.41, 5.74) is 12.0. The zero-order valence-electron chi connectivity index (χ0n) is 23.9. The van der Waals surface area contributed by atoms with Crippen molar-refractivity contribution < 1.29 is 0 Å². The molecule has 3 heteroatoms. The van der Waals surface area contributed by atoms with E-state index >= 15 is 0 Å². The molecule has 0 radical (unpaired) electrons. The van der Waals surface area contributed by atoms with Gasteiger partial charge in [-0.05, 0) is 82.9 Å². The van der Waals surface area contributed by atoms with Crippen LogP contribution in [-0.4, -0.2) is 9.13 Å². The maximum absolute atomic E-state index is 9.40. The van der Waals surface area contributed by atoms with Crippen LogP contribution in [0.1, 0.15) is 5.56 Å². The maximum Gasteiger partial charge on any atom is 0.0991 e.